The van der Waals surface area contributed by atoms with Gasteiger partial charge in [0, 0.05) is 30.4 Å². The van der Waals surface area contributed by atoms with Crippen molar-refractivity contribution in [1.29, 1.82) is 0 Å². The Labute approximate surface area is 126 Å². The molecule has 2 aromatic heterocycles. The number of hydrogen-bond donors (Lipinski definition) is 1. The van der Waals surface area contributed by atoms with E-state index in [1.54, 1.807) is 37.6 Å². The highest BCUT2D eigenvalue weighted by Gasteiger charge is 2.10. The fourth-order valence-electron chi connectivity index (χ4n) is 2.28. The number of aryl methyl sites for hydroxylation is 1. The zero-order valence-electron chi connectivity index (χ0n) is 12.0. The molecule has 0 aliphatic carbocycles. The third-order valence-electron chi connectivity index (χ3n) is 3.39. The Bertz CT molecular complexity index is 888. The molecule has 0 spiro atoms. The fourth-order valence-corrected chi connectivity index (χ4v) is 2.28. The topological polar surface area (TPSA) is 76.9 Å². The van der Waals surface area contributed by atoms with Crippen LogP contribution in [0.4, 0.5) is 0 Å². The summed E-state index contributed by atoms with van der Waals surface area (Å²) in [6.07, 6.45) is 3.13. The van der Waals surface area contributed by atoms with Gasteiger partial charge < -0.3 is 5.32 Å². The predicted molar refractivity (Wildman–Crippen MR) is 82.4 cm³/mol. The first kappa shape index (κ1) is 13.9. The summed E-state index contributed by atoms with van der Waals surface area (Å²) in [6.45, 7) is 0.246. The van der Waals surface area contributed by atoms with Crippen LogP contribution >= 0.6 is 0 Å². The van der Waals surface area contributed by atoms with Crippen molar-refractivity contribution in [3.8, 4) is 0 Å². The maximum Gasteiger partial charge on any atom is 0.274 e. The van der Waals surface area contributed by atoms with Crippen molar-refractivity contribution < 1.29 is 4.79 Å². The number of rotatable bonds is 3. The zero-order valence-corrected chi connectivity index (χ0v) is 12.0. The van der Waals surface area contributed by atoms with E-state index in [4.69, 9.17) is 0 Å². The minimum Gasteiger partial charge on any atom is -0.346 e. The maximum absolute atomic E-state index is 12.1. The van der Waals surface area contributed by atoms with Crippen LogP contribution in [-0.4, -0.2) is 20.7 Å². The van der Waals surface area contributed by atoms with Gasteiger partial charge >= 0.3 is 0 Å². The molecule has 110 valence electrons. The summed E-state index contributed by atoms with van der Waals surface area (Å²) in [6, 6.07) is 10.5. The Morgan fingerprint density at radius 2 is 1.82 bits per heavy atom. The average Bonchev–Trinajstić information content (AvgIpc) is 2.57. The fraction of sp³-hybridized carbons (Fsp3) is 0.125. The number of carbonyl (C=O) groups excluding carboxylic acids is 1. The number of nitrogens with one attached hydrogen (secondary N) is 1. The quantitative estimate of drug-likeness (QED) is 0.789. The molecule has 3 rings (SSSR count). The normalized spacial score (nSPS) is 10.6. The second-order valence-corrected chi connectivity index (χ2v) is 4.84. The second kappa shape index (κ2) is 5.77. The maximum atomic E-state index is 12.1. The second-order valence-electron chi connectivity index (χ2n) is 4.84. The van der Waals surface area contributed by atoms with Gasteiger partial charge in [0.05, 0.1) is 17.6 Å². The van der Waals surface area contributed by atoms with Crippen molar-refractivity contribution >= 4 is 16.7 Å². The van der Waals surface area contributed by atoms with Crippen LogP contribution in [0.1, 0.15) is 16.1 Å². The first-order chi connectivity index (χ1) is 10.7. The molecule has 0 aliphatic rings. The molecule has 0 saturated carbocycles. The van der Waals surface area contributed by atoms with E-state index >= 15 is 0 Å². The highest BCUT2D eigenvalue weighted by Crippen LogP contribution is 2.12. The van der Waals surface area contributed by atoms with Crippen LogP contribution < -0.4 is 10.9 Å². The lowest BCUT2D eigenvalue weighted by atomic mass is 10.1. The molecule has 1 amide bonds. The minimum absolute atomic E-state index is 0.153. The first-order valence-corrected chi connectivity index (χ1v) is 6.80. The molecule has 0 unspecified atom stereocenters. The van der Waals surface area contributed by atoms with Crippen LogP contribution in [0.2, 0.25) is 0 Å². The number of pyridine rings is 1. The van der Waals surface area contributed by atoms with Gasteiger partial charge in [0.25, 0.3) is 11.5 Å². The van der Waals surface area contributed by atoms with Gasteiger partial charge in [0.1, 0.15) is 0 Å². The lowest BCUT2D eigenvalue weighted by Gasteiger charge is -2.09. The molecule has 1 N–H and O–H groups in total. The molecule has 6 nitrogen and oxygen atoms in total. The number of carbonyl (C=O) groups is 1. The number of amides is 1. The van der Waals surface area contributed by atoms with Crippen LogP contribution in [0.3, 0.4) is 0 Å². The van der Waals surface area contributed by atoms with E-state index < -0.39 is 0 Å². The Morgan fingerprint density at radius 3 is 2.55 bits per heavy atom. The molecule has 3 aromatic rings. The molecular formula is C16H14N4O2. The van der Waals surface area contributed by atoms with Gasteiger partial charge in [-0.3, -0.25) is 14.6 Å². The van der Waals surface area contributed by atoms with E-state index in [-0.39, 0.29) is 18.0 Å². The Kier molecular flexibility index (Phi) is 3.65. The summed E-state index contributed by atoms with van der Waals surface area (Å²) in [5, 5.41) is 8.39. The molecule has 0 saturated heterocycles. The molecule has 2 heterocycles. The molecule has 0 aliphatic heterocycles. The van der Waals surface area contributed by atoms with Crippen LogP contribution in [0.25, 0.3) is 10.8 Å². The highest BCUT2D eigenvalue weighted by atomic mass is 16.1. The van der Waals surface area contributed by atoms with Gasteiger partial charge in [-0.05, 0) is 18.2 Å². The predicted octanol–water partition coefficient (Wildman–Crippen LogP) is 1.26. The summed E-state index contributed by atoms with van der Waals surface area (Å²) in [7, 11) is 1.60. The van der Waals surface area contributed by atoms with E-state index in [0.29, 0.717) is 16.6 Å². The van der Waals surface area contributed by atoms with E-state index in [1.807, 2.05) is 18.2 Å². The summed E-state index contributed by atoms with van der Waals surface area (Å²) in [5.41, 5.74) is 1.03. The largest absolute Gasteiger partial charge is 0.346 e. The van der Waals surface area contributed by atoms with Crippen molar-refractivity contribution in [3.63, 3.8) is 0 Å². The minimum atomic E-state index is -0.206. The van der Waals surface area contributed by atoms with E-state index in [1.165, 1.54) is 4.68 Å². The summed E-state index contributed by atoms with van der Waals surface area (Å²) in [5.74, 6) is -0.206. The van der Waals surface area contributed by atoms with Crippen molar-refractivity contribution in [2.24, 2.45) is 7.05 Å². The summed E-state index contributed by atoms with van der Waals surface area (Å²) >= 11 is 0. The van der Waals surface area contributed by atoms with E-state index in [2.05, 4.69) is 15.4 Å². The van der Waals surface area contributed by atoms with Crippen molar-refractivity contribution in [1.82, 2.24) is 20.1 Å². The number of fused-ring (bicyclic) bond motifs is 1. The Balaban J connectivity index is 1.90. The molecule has 0 fully saturated rings. The SMILES string of the molecule is Cn1nc(CNC(=O)c2ccncc2)c2ccccc2c1=O. The first-order valence-electron chi connectivity index (χ1n) is 6.80. The molecule has 0 bridgehead atoms. The Morgan fingerprint density at radius 1 is 1.14 bits per heavy atom. The molecule has 22 heavy (non-hydrogen) atoms. The molecule has 6 heteroatoms. The standard InChI is InChI=1S/C16H14N4O2/c1-20-16(22)13-5-3-2-4-12(13)14(19-20)10-18-15(21)11-6-8-17-9-7-11/h2-9H,10H2,1H3,(H,18,21). The van der Waals surface area contributed by atoms with Gasteiger partial charge in [-0.1, -0.05) is 18.2 Å². The van der Waals surface area contributed by atoms with Crippen LogP contribution in [0, 0.1) is 0 Å². The van der Waals surface area contributed by atoms with Crippen molar-refractivity contribution in [2.75, 3.05) is 0 Å². The van der Waals surface area contributed by atoms with Gasteiger partial charge in [-0.15, -0.1) is 0 Å². The van der Waals surface area contributed by atoms with E-state index in [9.17, 15) is 9.59 Å². The summed E-state index contributed by atoms with van der Waals surface area (Å²) in [4.78, 5) is 28.0. The Hall–Kier alpha value is -3.02. The smallest absolute Gasteiger partial charge is 0.274 e. The van der Waals surface area contributed by atoms with Crippen molar-refractivity contribution in [3.05, 3.63) is 70.4 Å². The lowest BCUT2D eigenvalue weighted by molar-refractivity contribution is 0.0950. The monoisotopic (exact) mass is 294 g/mol. The lowest BCUT2D eigenvalue weighted by Crippen LogP contribution is -2.27. The van der Waals surface area contributed by atoms with E-state index in [0.717, 1.165) is 5.39 Å². The average molecular weight is 294 g/mol. The van der Waals surface area contributed by atoms with Gasteiger partial charge in [-0.25, -0.2) is 4.68 Å². The third kappa shape index (κ3) is 2.58. The number of benzene rings is 1. The van der Waals surface area contributed by atoms with Crippen LogP contribution in [-0.2, 0) is 13.6 Å². The number of nitrogens with zero attached hydrogens (tertiary/aromatic N) is 3. The third-order valence-corrected chi connectivity index (χ3v) is 3.39. The number of aromatic nitrogens is 3. The molecule has 1 aromatic carbocycles. The highest BCUT2D eigenvalue weighted by molar-refractivity contribution is 5.94. The van der Waals surface area contributed by atoms with Gasteiger partial charge in [0.15, 0.2) is 0 Å². The zero-order chi connectivity index (χ0) is 15.5. The van der Waals surface area contributed by atoms with Gasteiger partial charge in [-0.2, -0.15) is 5.10 Å². The molecular weight excluding hydrogens is 280 g/mol. The van der Waals surface area contributed by atoms with Crippen LogP contribution in [0.5, 0.6) is 0 Å². The van der Waals surface area contributed by atoms with Crippen molar-refractivity contribution in [2.45, 2.75) is 6.54 Å². The molecule has 0 radical (unpaired) electrons. The number of hydrogen-bond acceptors (Lipinski definition) is 4. The van der Waals surface area contributed by atoms with Crippen LogP contribution in [0.15, 0.2) is 53.6 Å². The molecule has 0 atom stereocenters. The summed E-state index contributed by atoms with van der Waals surface area (Å²) < 4.78 is 1.29. The van der Waals surface area contributed by atoms with Gasteiger partial charge in [0.2, 0.25) is 0 Å².